The van der Waals surface area contributed by atoms with E-state index in [2.05, 4.69) is 20.5 Å². The average Bonchev–Trinajstić information content (AvgIpc) is 3.47. The van der Waals surface area contributed by atoms with E-state index >= 15 is 0 Å². The largest absolute Gasteiger partial charge is 0.493 e. The molecule has 4 aromatic rings. The quantitative estimate of drug-likeness (QED) is 0.335. The normalized spacial score (nSPS) is 10.7. The molecule has 4 rings (SSSR count). The van der Waals surface area contributed by atoms with Gasteiger partial charge in [-0.2, -0.15) is 0 Å². The van der Waals surface area contributed by atoms with E-state index in [-0.39, 0.29) is 16.9 Å². The SMILES string of the molecule is COc1ccc(-c2nnc(SCC(=O)Nc3nc(-c4ccc(Cl)cc4)cs3)o2)cc1OC. The van der Waals surface area contributed by atoms with Gasteiger partial charge in [-0.3, -0.25) is 4.79 Å². The van der Waals surface area contributed by atoms with Crippen molar-refractivity contribution < 1.29 is 18.7 Å². The van der Waals surface area contributed by atoms with Crippen molar-refractivity contribution in [2.75, 3.05) is 25.3 Å². The second kappa shape index (κ2) is 10.0. The molecule has 0 spiro atoms. The number of ether oxygens (including phenoxy) is 2. The fraction of sp³-hybridized carbons (Fsp3) is 0.143. The lowest BCUT2D eigenvalue weighted by Crippen LogP contribution is -2.13. The third-order valence-corrected chi connectivity index (χ3v) is 6.08. The summed E-state index contributed by atoms with van der Waals surface area (Å²) in [6.45, 7) is 0. The van der Waals surface area contributed by atoms with Crippen molar-refractivity contribution in [1.29, 1.82) is 0 Å². The molecule has 8 nitrogen and oxygen atoms in total. The van der Waals surface area contributed by atoms with Crippen LogP contribution in [0.15, 0.2) is 57.5 Å². The zero-order valence-electron chi connectivity index (χ0n) is 17.0. The predicted molar refractivity (Wildman–Crippen MR) is 125 cm³/mol. The molecule has 0 bridgehead atoms. The number of aromatic nitrogens is 3. The number of thioether (sulfide) groups is 1. The van der Waals surface area contributed by atoms with Gasteiger partial charge in [-0.1, -0.05) is 35.5 Å². The number of thiazole rings is 1. The Labute approximate surface area is 196 Å². The lowest BCUT2D eigenvalue weighted by Gasteiger charge is -2.07. The summed E-state index contributed by atoms with van der Waals surface area (Å²) in [5, 5.41) is 14.1. The van der Waals surface area contributed by atoms with E-state index in [9.17, 15) is 4.79 Å². The zero-order valence-corrected chi connectivity index (χ0v) is 19.4. The smallest absolute Gasteiger partial charge is 0.277 e. The Morgan fingerprint density at radius 2 is 1.84 bits per heavy atom. The minimum absolute atomic E-state index is 0.101. The fourth-order valence-corrected chi connectivity index (χ4v) is 4.15. The molecule has 32 heavy (non-hydrogen) atoms. The van der Waals surface area contributed by atoms with Gasteiger partial charge in [-0.25, -0.2) is 4.98 Å². The molecule has 164 valence electrons. The minimum Gasteiger partial charge on any atom is -0.493 e. The Balaban J connectivity index is 1.34. The van der Waals surface area contributed by atoms with Gasteiger partial charge in [0.05, 0.1) is 25.7 Å². The fourth-order valence-electron chi connectivity index (χ4n) is 2.72. The summed E-state index contributed by atoms with van der Waals surface area (Å²) >= 11 is 8.40. The van der Waals surface area contributed by atoms with E-state index in [1.807, 2.05) is 17.5 Å². The Morgan fingerprint density at radius 1 is 1.09 bits per heavy atom. The van der Waals surface area contributed by atoms with E-state index in [1.165, 1.54) is 11.3 Å². The first-order valence-electron chi connectivity index (χ1n) is 9.25. The number of carbonyl (C=O) groups is 1. The van der Waals surface area contributed by atoms with Crippen LogP contribution >= 0.6 is 34.7 Å². The van der Waals surface area contributed by atoms with Gasteiger partial charge in [-0.15, -0.1) is 21.5 Å². The molecule has 11 heteroatoms. The van der Waals surface area contributed by atoms with Crippen molar-refractivity contribution in [3.63, 3.8) is 0 Å². The summed E-state index contributed by atoms with van der Waals surface area (Å²) < 4.78 is 16.2. The first kappa shape index (κ1) is 22.1. The minimum atomic E-state index is -0.224. The molecule has 0 unspecified atom stereocenters. The van der Waals surface area contributed by atoms with Crippen LogP contribution in [0.1, 0.15) is 0 Å². The molecule has 0 aliphatic rings. The highest BCUT2D eigenvalue weighted by Crippen LogP contribution is 2.32. The molecule has 2 aromatic carbocycles. The summed E-state index contributed by atoms with van der Waals surface area (Å²) in [5.41, 5.74) is 2.38. The summed E-state index contributed by atoms with van der Waals surface area (Å²) in [5.74, 6) is 1.35. The maximum absolute atomic E-state index is 12.3. The highest BCUT2D eigenvalue weighted by Gasteiger charge is 2.14. The van der Waals surface area contributed by atoms with Crippen molar-refractivity contribution in [3.05, 3.63) is 52.9 Å². The van der Waals surface area contributed by atoms with Crippen LogP contribution in [0.2, 0.25) is 5.02 Å². The Morgan fingerprint density at radius 3 is 2.59 bits per heavy atom. The van der Waals surface area contributed by atoms with Crippen molar-refractivity contribution in [1.82, 2.24) is 15.2 Å². The summed E-state index contributed by atoms with van der Waals surface area (Å²) in [7, 11) is 3.12. The topological polar surface area (TPSA) is 99.4 Å². The van der Waals surface area contributed by atoms with Gasteiger partial charge in [0.1, 0.15) is 0 Å². The number of carbonyl (C=O) groups excluding carboxylic acids is 1. The van der Waals surface area contributed by atoms with Gasteiger partial charge in [-0.05, 0) is 30.3 Å². The zero-order chi connectivity index (χ0) is 22.5. The van der Waals surface area contributed by atoms with E-state index in [4.69, 9.17) is 25.5 Å². The van der Waals surface area contributed by atoms with E-state index in [1.54, 1.807) is 44.6 Å². The number of halogens is 1. The maximum Gasteiger partial charge on any atom is 0.277 e. The van der Waals surface area contributed by atoms with Gasteiger partial charge >= 0.3 is 0 Å². The molecule has 2 heterocycles. The number of nitrogens with one attached hydrogen (secondary N) is 1. The highest BCUT2D eigenvalue weighted by molar-refractivity contribution is 7.99. The number of nitrogens with zero attached hydrogens (tertiary/aromatic N) is 3. The lowest BCUT2D eigenvalue weighted by atomic mass is 10.2. The number of methoxy groups -OCH3 is 2. The first-order chi connectivity index (χ1) is 15.6. The van der Waals surface area contributed by atoms with Crippen LogP contribution in [0.5, 0.6) is 11.5 Å². The van der Waals surface area contributed by atoms with Gasteiger partial charge < -0.3 is 19.2 Å². The third-order valence-electron chi connectivity index (χ3n) is 4.25. The van der Waals surface area contributed by atoms with Crippen LogP contribution in [0.3, 0.4) is 0 Å². The van der Waals surface area contributed by atoms with Gasteiger partial charge in [0, 0.05) is 21.5 Å². The summed E-state index contributed by atoms with van der Waals surface area (Å²) in [4.78, 5) is 16.7. The standard InChI is InChI=1S/C21H17ClN4O4S2/c1-28-16-8-5-13(9-17(16)29-2)19-25-26-21(30-19)32-11-18(27)24-20-23-15(10-31-20)12-3-6-14(22)7-4-12/h3-10H,11H2,1-2H3,(H,23,24,27). The van der Waals surface area contributed by atoms with Crippen LogP contribution < -0.4 is 14.8 Å². The molecule has 0 radical (unpaired) electrons. The second-order valence-electron chi connectivity index (χ2n) is 6.32. The molecule has 0 aliphatic carbocycles. The predicted octanol–water partition coefficient (Wildman–Crippen LogP) is 5.26. The first-order valence-corrected chi connectivity index (χ1v) is 11.5. The monoisotopic (exact) mass is 488 g/mol. The molecule has 0 atom stereocenters. The van der Waals surface area contributed by atoms with E-state index < -0.39 is 0 Å². The van der Waals surface area contributed by atoms with E-state index in [0.29, 0.717) is 33.1 Å². The number of amides is 1. The number of anilines is 1. The van der Waals surface area contributed by atoms with E-state index in [0.717, 1.165) is 23.0 Å². The molecule has 1 N–H and O–H groups in total. The summed E-state index contributed by atoms with van der Waals surface area (Å²) in [6.07, 6.45) is 0. The van der Waals surface area contributed by atoms with Crippen LogP contribution in [-0.4, -0.2) is 41.1 Å². The number of benzene rings is 2. The number of hydrogen-bond acceptors (Lipinski definition) is 9. The van der Waals surface area contributed by atoms with Gasteiger partial charge in [0.2, 0.25) is 11.8 Å². The van der Waals surface area contributed by atoms with Crippen molar-refractivity contribution in [3.8, 4) is 34.2 Å². The molecule has 2 aromatic heterocycles. The van der Waals surface area contributed by atoms with Crippen LogP contribution in [-0.2, 0) is 4.79 Å². The van der Waals surface area contributed by atoms with Crippen molar-refractivity contribution in [2.45, 2.75) is 5.22 Å². The van der Waals surface area contributed by atoms with Gasteiger partial charge in [0.25, 0.3) is 5.22 Å². The molecular weight excluding hydrogens is 472 g/mol. The molecule has 0 fully saturated rings. The number of rotatable bonds is 8. The Kier molecular flexibility index (Phi) is 6.93. The Bertz CT molecular complexity index is 1230. The van der Waals surface area contributed by atoms with Crippen molar-refractivity contribution >= 4 is 45.7 Å². The third kappa shape index (κ3) is 5.21. The lowest BCUT2D eigenvalue weighted by molar-refractivity contribution is -0.113. The van der Waals surface area contributed by atoms with Crippen molar-refractivity contribution in [2.24, 2.45) is 0 Å². The molecule has 0 saturated carbocycles. The molecular formula is C21H17ClN4O4S2. The van der Waals surface area contributed by atoms with Crippen LogP contribution in [0.25, 0.3) is 22.7 Å². The van der Waals surface area contributed by atoms with Crippen LogP contribution in [0, 0.1) is 0 Å². The van der Waals surface area contributed by atoms with Gasteiger partial charge in [0.15, 0.2) is 16.6 Å². The molecule has 1 amide bonds. The second-order valence-corrected chi connectivity index (χ2v) is 8.55. The average molecular weight is 489 g/mol. The maximum atomic E-state index is 12.3. The highest BCUT2D eigenvalue weighted by atomic mass is 35.5. The van der Waals surface area contributed by atoms with Crippen LogP contribution in [0.4, 0.5) is 5.13 Å². The summed E-state index contributed by atoms with van der Waals surface area (Å²) in [6, 6.07) is 12.6. The molecule has 0 saturated heterocycles. The molecule has 0 aliphatic heterocycles. The Hall–Kier alpha value is -3.08. The number of hydrogen-bond donors (Lipinski definition) is 1.